The fourth-order valence-electron chi connectivity index (χ4n) is 3.58. The van der Waals surface area contributed by atoms with Crippen LogP contribution in [0.2, 0.25) is 0 Å². The number of ether oxygens (including phenoxy) is 2. The number of H-pyrrole nitrogens is 2. The number of fused-ring (bicyclic) bond motifs is 1. The average molecular weight is 484 g/mol. The highest BCUT2D eigenvalue weighted by atomic mass is 16.5. The van der Waals surface area contributed by atoms with Crippen LogP contribution in [-0.2, 0) is 0 Å². The lowest BCUT2D eigenvalue weighted by Gasteiger charge is -2.09. The van der Waals surface area contributed by atoms with E-state index in [9.17, 15) is 9.59 Å². The van der Waals surface area contributed by atoms with Gasteiger partial charge in [0, 0.05) is 36.4 Å². The van der Waals surface area contributed by atoms with Gasteiger partial charge < -0.3 is 25.1 Å². The van der Waals surface area contributed by atoms with E-state index in [2.05, 4.69) is 40.8 Å². The van der Waals surface area contributed by atoms with Crippen LogP contribution in [-0.4, -0.2) is 56.2 Å². The zero-order valence-corrected chi connectivity index (χ0v) is 19.2. The largest absolute Gasteiger partial charge is 0.493 e. The summed E-state index contributed by atoms with van der Waals surface area (Å²) in [5.74, 6) is 0.274. The molecule has 12 nitrogen and oxygen atoms in total. The third-order valence-corrected chi connectivity index (χ3v) is 5.26. The molecule has 0 saturated carbocycles. The molecule has 3 heterocycles. The van der Waals surface area contributed by atoms with E-state index >= 15 is 0 Å². The molecule has 0 unspecified atom stereocenters. The molecule has 0 aliphatic carbocycles. The minimum absolute atomic E-state index is 0.119. The molecule has 5 rings (SSSR count). The van der Waals surface area contributed by atoms with Crippen molar-refractivity contribution in [2.45, 2.75) is 0 Å². The second kappa shape index (κ2) is 9.54. The van der Waals surface area contributed by atoms with Gasteiger partial charge in [0.15, 0.2) is 34.4 Å². The van der Waals surface area contributed by atoms with Crippen LogP contribution in [0.5, 0.6) is 11.5 Å². The Bertz CT molecular complexity index is 1520. The molecule has 2 aromatic carbocycles. The van der Waals surface area contributed by atoms with Crippen LogP contribution in [0.25, 0.3) is 22.6 Å². The summed E-state index contributed by atoms with van der Waals surface area (Å²) in [7, 11) is 3.09. The lowest BCUT2D eigenvalue weighted by Crippen LogP contribution is -2.23. The summed E-state index contributed by atoms with van der Waals surface area (Å²) in [6.07, 6.45) is 4.18. The Labute approximate surface area is 204 Å². The van der Waals surface area contributed by atoms with Crippen molar-refractivity contribution in [3.8, 4) is 23.0 Å². The van der Waals surface area contributed by atoms with E-state index in [1.807, 2.05) is 6.07 Å². The maximum absolute atomic E-state index is 13.1. The summed E-state index contributed by atoms with van der Waals surface area (Å²) in [4.78, 5) is 41.8. The fraction of sp³-hybridized carbons (Fsp3) is 0.0833. The molecule has 0 fully saturated rings. The van der Waals surface area contributed by atoms with Crippen molar-refractivity contribution < 1.29 is 19.1 Å². The van der Waals surface area contributed by atoms with Crippen molar-refractivity contribution in [2.24, 2.45) is 0 Å². The summed E-state index contributed by atoms with van der Waals surface area (Å²) in [5, 5.41) is 12.4. The number of benzene rings is 2. The molecule has 0 spiro atoms. The smallest absolute Gasteiger partial charge is 0.276 e. The van der Waals surface area contributed by atoms with Crippen molar-refractivity contribution in [3.05, 3.63) is 72.4 Å². The third kappa shape index (κ3) is 4.30. The van der Waals surface area contributed by atoms with Crippen LogP contribution in [0.15, 0.2) is 61.1 Å². The number of aromatic amines is 2. The molecular weight excluding hydrogens is 464 g/mol. The number of para-hydroxylation sites is 1. The van der Waals surface area contributed by atoms with Gasteiger partial charge in [0.25, 0.3) is 11.8 Å². The zero-order chi connectivity index (χ0) is 25.1. The number of carbonyl (C=O) groups is 2. The van der Waals surface area contributed by atoms with Crippen molar-refractivity contribution in [1.29, 1.82) is 0 Å². The fourth-order valence-corrected chi connectivity index (χ4v) is 3.58. The molecule has 0 aliphatic heterocycles. The average Bonchev–Trinajstić information content (AvgIpc) is 3.54. The first-order valence-corrected chi connectivity index (χ1v) is 10.7. The van der Waals surface area contributed by atoms with Crippen LogP contribution in [0.1, 0.15) is 21.0 Å². The van der Waals surface area contributed by atoms with Crippen molar-refractivity contribution in [2.75, 3.05) is 24.9 Å². The molecule has 3 aromatic heterocycles. The van der Waals surface area contributed by atoms with Gasteiger partial charge in [0.1, 0.15) is 0 Å². The molecule has 4 N–H and O–H groups in total. The number of nitrogens with zero attached hydrogens (tertiary/aromatic N) is 4. The normalized spacial score (nSPS) is 10.7. The summed E-state index contributed by atoms with van der Waals surface area (Å²) in [6.45, 7) is 0. The number of hydrogen-bond donors (Lipinski definition) is 4. The minimum Gasteiger partial charge on any atom is -0.493 e. The highest BCUT2D eigenvalue weighted by Gasteiger charge is 2.23. The van der Waals surface area contributed by atoms with Crippen molar-refractivity contribution >= 4 is 34.2 Å². The van der Waals surface area contributed by atoms with Gasteiger partial charge in [0.05, 0.1) is 30.9 Å². The van der Waals surface area contributed by atoms with Crippen LogP contribution >= 0.6 is 0 Å². The first-order chi connectivity index (χ1) is 17.6. The molecule has 0 bridgehead atoms. The van der Waals surface area contributed by atoms with Crippen LogP contribution in [0.4, 0.5) is 11.4 Å². The second-order valence-corrected chi connectivity index (χ2v) is 7.49. The van der Waals surface area contributed by atoms with Gasteiger partial charge in [-0.2, -0.15) is 5.10 Å². The number of nitrogens with one attached hydrogen (secondary N) is 4. The molecule has 0 saturated heterocycles. The maximum Gasteiger partial charge on any atom is 0.276 e. The van der Waals surface area contributed by atoms with Gasteiger partial charge in [-0.05, 0) is 12.1 Å². The topological polar surface area (TPSA) is 160 Å². The van der Waals surface area contributed by atoms with Crippen molar-refractivity contribution in [1.82, 2.24) is 30.1 Å². The predicted molar refractivity (Wildman–Crippen MR) is 131 cm³/mol. The van der Waals surface area contributed by atoms with E-state index in [0.717, 1.165) is 0 Å². The number of amides is 2. The summed E-state index contributed by atoms with van der Waals surface area (Å²) >= 11 is 0. The van der Waals surface area contributed by atoms with E-state index in [-0.39, 0.29) is 11.4 Å². The molecule has 0 radical (unpaired) electrons. The van der Waals surface area contributed by atoms with Crippen LogP contribution < -0.4 is 20.1 Å². The summed E-state index contributed by atoms with van der Waals surface area (Å²) in [6, 6.07) is 12.3. The number of anilines is 2. The molecular formula is C24H20N8O4. The standard InChI is InChI=1S/C24H20N8O4/c1-35-17-10-14-15(11-18(17)36-2)30-22(29-14)19-16(12-27-32-19)31-24(34)21-20(25-8-9-26-21)23(33)28-13-6-4-3-5-7-13/h3-12H,1-2H3,(H,27,32)(H,28,33)(H,29,30)(H,31,34). The lowest BCUT2D eigenvalue weighted by atomic mass is 10.2. The summed E-state index contributed by atoms with van der Waals surface area (Å²) < 4.78 is 10.7. The number of hydrogen-bond acceptors (Lipinski definition) is 8. The molecule has 2 amide bonds. The number of aromatic nitrogens is 6. The van der Waals surface area contributed by atoms with E-state index in [0.29, 0.717) is 45.4 Å². The minimum atomic E-state index is -0.636. The monoisotopic (exact) mass is 484 g/mol. The van der Waals surface area contributed by atoms with Gasteiger partial charge in [-0.3, -0.25) is 14.7 Å². The third-order valence-electron chi connectivity index (χ3n) is 5.26. The number of imidazole rings is 1. The maximum atomic E-state index is 13.1. The molecule has 0 atom stereocenters. The lowest BCUT2D eigenvalue weighted by molar-refractivity contribution is 0.0983. The molecule has 12 heteroatoms. The Morgan fingerprint density at radius 1 is 0.889 bits per heavy atom. The van der Waals surface area contributed by atoms with E-state index in [1.165, 1.54) is 18.6 Å². The first kappa shape index (κ1) is 22.5. The second-order valence-electron chi connectivity index (χ2n) is 7.49. The molecule has 0 aliphatic rings. The van der Waals surface area contributed by atoms with Crippen molar-refractivity contribution in [3.63, 3.8) is 0 Å². The van der Waals surface area contributed by atoms with E-state index < -0.39 is 11.8 Å². The van der Waals surface area contributed by atoms with Crippen LogP contribution in [0.3, 0.4) is 0 Å². The quantitative estimate of drug-likeness (QED) is 0.274. The molecule has 5 aromatic rings. The van der Waals surface area contributed by atoms with Gasteiger partial charge in [0.2, 0.25) is 0 Å². The SMILES string of the molecule is COc1cc2nc(-c3n[nH]cc3NC(=O)c3nccnc3C(=O)Nc3ccccc3)[nH]c2cc1OC. The Kier molecular flexibility index (Phi) is 5.97. The molecule has 36 heavy (non-hydrogen) atoms. The Hall–Kier alpha value is -5.26. The highest BCUT2D eigenvalue weighted by Crippen LogP contribution is 2.33. The number of carbonyl (C=O) groups excluding carboxylic acids is 2. The van der Waals surface area contributed by atoms with Gasteiger partial charge in [-0.1, -0.05) is 18.2 Å². The Balaban J connectivity index is 1.42. The molecule has 180 valence electrons. The van der Waals surface area contributed by atoms with Crippen LogP contribution in [0, 0.1) is 0 Å². The van der Waals surface area contributed by atoms with E-state index in [4.69, 9.17) is 9.47 Å². The predicted octanol–water partition coefficient (Wildman–Crippen LogP) is 3.26. The summed E-state index contributed by atoms with van der Waals surface area (Å²) in [5.41, 5.74) is 2.31. The van der Waals surface area contributed by atoms with Gasteiger partial charge in [-0.15, -0.1) is 0 Å². The number of rotatable bonds is 7. The van der Waals surface area contributed by atoms with Gasteiger partial charge in [-0.25, -0.2) is 15.0 Å². The van der Waals surface area contributed by atoms with E-state index in [1.54, 1.807) is 50.6 Å². The first-order valence-electron chi connectivity index (χ1n) is 10.7. The highest BCUT2D eigenvalue weighted by molar-refractivity contribution is 6.13. The Morgan fingerprint density at radius 2 is 1.56 bits per heavy atom. The zero-order valence-electron chi connectivity index (χ0n) is 19.2. The Morgan fingerprint density at radius 3 is 2.25 bits per heavy atom. The number of methoxy groups -OCH3 is 2. The van der Waals surface area contributed by atoms with Gasteiger partial charge >= 0.3 is 0 Å².